The average molecular weight is 184 g/mol. The second-order valence-corrected chi connectivity index (χ2v) is 3.13. The highest BCUT2D eigenvalue weighted by Gasteiger charge is 1.98. The van der Waals surface area contributed by atoms with E-state index in [0.29, 0.717) is 0 Å². The fourth-order valence-corrected chi connectivity index (χ4v) is 1.51. The second-order valence-electron chi connectivity index (χ2n) is 2.13. The zero-order valence-electron chi connectivity index (χ0n) is 6.23. The van der Waals surface area contributed by atoms with Crippen LogP contribution in [0.25, 0.3) is 6.08 Å². The molecule has 0 aliphatic rings. The van der Waals surface area contributed by atoms with Crippen molar-refractivity contribution < 1.29 is 15.0 Å². The highest BCUT2D eigenvalue weighted by Crippen LogP contribution is 2.17. The van der Waals surface area contributed by atoms with Crippen molar-refractivity contribution in [1.29, 1.82) is 0 Å². The molecule has 0 atom stereocenters. The predicted octanol–water partition coefficient (Wildman–Crippen LogP) is 1.34. The van der Waals surface area contributed by atoms with E-state index < -0.39 is 5.97 Å². The maximum Gasteiger partial charge on any atom is 0.328 e. The molecule has 3 nitrogen and oxygen atoms in total. The fourth-order valence-electron chi connectivity index (χ4n) is 0.789. The van der Waals surface area contributed by atoms with Gasteiger partial charge < -0.3 is 10.2 Å². The molecule has 1 aromatic heterocycles. The van der Waals surface area contributed by atoms with Crippen molar-refractivity contribution >= 4 is 23.4 Å². The Labute approximate surface area is 73.6 Å². The fraction of sp³-hybridized carbons (Fsp3) is 0.125. The van der Waals surface area contributed by atoms with Crippen molar-refractivity contribution in [2.75, 3.05) is 0 Å². The molecule has 0 saturated carbocycles. The van der Waals surface area contributed by atoms with Crippen molar-refractivity contribution in [1.82, 2.24) is 0 Å². The van der Waals surface area contributed by atoms with Gasteiger partial charge in [0.05, 0.1) is 6.61 Å². The van der Waals surface area contributed by atoms with E-state index in [9.17, 15) is 4.79 Å². The number of aliphatic hydroxyl groups excluding tert-OH is 1. The van der Waals surface area contributed by atoms with Crippen LogP contribution in [0.15, 0.2) is 17.5 Å². The SMILES string of the molecule is O=C(O)/C=C/c1ccsc1CO. The molecule has 1 rings (SSSR count). The first kappa shape index (κ1) is 8.96. The Balaban J connectivity index is 2.81. The summed E-state index contributed by atoms with van der Waals surface area (Å²) in [6, 6.07) is 1.77. The number of carbonyl (C=O) groups is 1. The first-order chi connectivity index (χ1) is 5.74. The lowest BCUT2D eigenvalue weighted by atomic mass is 10.2. The highest BCUT2D eigenvalue weighted by molar-refractivity contribution is 7.10. The van der Waals surface area contributed by atoms with Crippen LogP contribution in [-0.2, 0) is 11.4 Å². The third-order valence-electron chi connectivity index (χ3n) is 1.33. The molecule has 0 bridgehead atoms. The monoisotopic (exact) mass is 184 g/mol. The standard InChI is InChI=1S/C8H8O3S/c9-5-7-6(3-4-12-7)1-2-8(10)11/h1-4,9H,5H2,(H,10,11)/b2-1+. The third kappa shape index (κ3) is 2.18. The van der Waals surface area contributed by atoms with Crippen LogP contribution in [0.4, 0.5) is 0 Å². The van der Waals surface area contributed by atoms with Gasteiger partial charge in [-0.05, 0) is 23.1 Å². The molecular formula is C8H8O3S. The molecule has 64 valence electrons. The van der Waals surface area contributed by atoms with Gasteiger partial charge >= 0.3 is 5.97 Å². The Hall–Kier alpha value is -1.13. The smallest absolute Gasteiger partial charge is 0.328 e. The summed E-state index contributed by atoms with van der Waals surface area (Å²) < 4.78 is 0. The van der Waals surface area contributed by atoms with Crippen LogP contribution in [0.1, 0.15) is 10.4 Å². The van der Waals surface area contributed by atoms with Crippen LogP contribution in [0.5, 0.6) is 0 Å². The van der Waals surface area contributed by atoms with Gasteiger partial charge in [-0.15, -0.1) is 11.3 Å². The van der Waals surface area contributed by atoms with Crippen molar-refractivity contribution in [3.05, 3.63) is 28.0 Å². The largest absolute Gasteiger partial charge is 0.478 e. The van der Waals surface area contributed by atoms with Gasteiger partial charge in [0.1, 0.15) is 0 Å². The molecular weight excluding hydrogens is 176 g/mol. The quantitative estimate of drug-likeness (QED) is 0.697. The lowest BCUT2D eigenvalue weighted by Crippen LogP contribution is -1.86. The first-order valence-electron chi connectivity index (χ1n) is 3.32. The summed E-state index contributed by atoms with van der Waals surface area (Å²) in [7, 11) is 0. The first-order valence-corrected chi connectivity index (χ1v) is 4.20. The summed E-state index contributed by atoms with van der Waals surface area (Å²) in [5, 5.41) is 18.9. The van der Waals surface area contributed by atoms with Gasteiger partial charge in [0.15, 0.2) is 0 Å². The second kappa shape index (κ2) is 4.04. The minimum Gasteiger partial charge on any atom is -0.478 e. The summed E-state index contributed by atoms with van der Waals surface area (Å²) in [5.74, 6) is -0.981. The van der Waals surface area contributed by atoms with Crippen LogP contribution in [0, 0.1) is 0 Å². The molecule has 0 amide bonds. The van der Waals surface area contributed by atoms with E-state index in [0.717, 1.165) is 16.5 Å². The molecule has 2 N–H and O–H groups in total. The number of hydrogen-bond acceptors (Lipinski definition) is 3. The Morgan fingerprint density at radius 2 is 2.42 bits per heavy atom. The molecule has 4 heteroatoms. The lowest BCUT2D eigenvalue weighted by Gasteiger charge is -1.90. The van der Waals surface area contributed by atoms with Crippen LogP contribution >= 0.6 is 11.3 Å². The van der Waals surface area contributed by atoms with Gasteiger partial charge in [-0.3, -0.25) is 0 Å². The van der Waals surface area contributed by atoms with Gasteiger partial charge in [0.25, 0.3) is 0 Å². The van der Waals surface area contributed by atoms with Crippen molar-refractivity contribution in [2.24, 2.45) is 0 Å². The minimum atomic E-state index is -0.981. The van der Waals surface area contributed by atoms with Gasteiger partial charge in [0, 0.05) is 11.0 Å². The van der Waals surface area contributed by atoms with E-state index in [1.807, 2.05) is 5.38 Å². The summed E-state index contributed by atoms with van der Waals surface area (Å²) in [6.45, 7) is -0.0447. The molecule has 0 aliphatic heterocycles. The number of aliphatic carboxylic acids is 1. The van der Waals surface area contributed by atoms with E-state index >= 15 is 0 Å². The maximum absolute atomic E-state index is 10.1. The molecule has 0 fully saturated rings. The maximum atomic E-state index is 10.1. The number of aliphatic hydroxyl groups is 1. The molecule has 0 unspecified atom stereocenters. The van der Waals surface area contributed by atoms with Crippen LogP contribution in [-0.4, -0.2) is 16.2 Å². The van der Waals surface area contributed by atoms with Gasteiger partial charge in [-0.1, -0.05) is 0 Å². The number of carboxylic acids is 1. The van der Waals surface area contributed by atoms with Crippen molar-refractivity contribution in [3.63, 3.8) is 0 Å². The summed E-state index contributed by atoms with van der Waals surface area (Å²) in [4.78, 5) is 10.9. The van der Waals surface area contributed by atoms with Gasteiger partial charge in [-0.25, -0.2) is 4.79 Å². The van der Waals surface area contributed by atoms with Crippen LogP contribution in [0.2, 0.25) is 0 Å². The van der Waals surface area contributed by atoms with Crippen molar-refractivity contribution in [3.8, 4) is 0 Å². The Kier molecular flexibility index (Phi) is 3.01. The van der Waals surface area contributed by atoms with E-state index in [4.69, 9.17) is 10.2 Å². The predicted molar refractivity (Wildman–Crippen MR) is 46.9 cm³/mol. The number of thiophene rings is 1. The summed E-state index contributed by atoms with van der Waals surface area (Å²) in [5.41, 5.74) is 0.768. The van der Waals surface area contributed by atoms with E-state index in [-0.39, 0.29) is 6.61 Å². The Bertz CT molecular complexity index is 301. The number of carboxylic acid groups (broad SMARTS) is 1. The van der Waals surface area contributed by atoms with E-state index in [1.54, 1.807) is 6.07 Å². The Morgan fingerprint density at radius 1 is 1.67 bits per heavy atom. The van der Waals surface area contributed by atoms with Crippen LogP contribution in [0.3, 0.4) is 0 Å². The van der Waals surface area contributed by atoms with E-state index in [1.165, 1.54) is 17.4 Å². The molecule has 0 radical (unpaired) electrons. The lowest BCUT2D eigenvalue weighted by molar-refractivity contribution is -0.131. The summed E-state index contributed by atoms with van der Waals surface area (Å²) >= 11 is 1.41. The van der Waals surface area contributed by atoms with Gasteiger partial charge in [-0.2, -0.15) is 0 Å². The summed E-state index contributed by atoms with van der Waals surface area (Å²) in [6.07, 6.45) is 2.53. The normalized spacial score (nSPS) is 10.8. The molecule has 0 aliphatic carbocycles. The molecule has 12 heavy (non-hydrogen) atoms. The van der Waals surface area contributed by atoms with E-state index in [2.05, 4.69) is 0 Å². The number of rotatable bonds is 3. The zero-order valence-corrected chi connectivity index (χ0v) is 7.04. The van der Waals surface area contributed by atoms with Crippen LogP contribution < -0.4 is 0 Å². The molecule has 1 heterocycles. The average Bonchev–Trinajstić information content (AvgIpc) is 2.47. The van der Waals surface area contributed by atoms with Gasteiger partial charge in [0.2, 0.25) is 0 Å². The third-order valence-corrected chi connectivity index (χ3v) is 2.25. The zero-order chi connectivity index (χ0) is 8.97. The minimum absolute atomic E-state index is 0.0447. The molecule has 0 spiro atoms. The molecule has 0 aromatic carbocycles. The molecule has 1 aromatic rings. The molecule has 0 saturated heterocycles. The number of hydrogen-bond donors (Lipinski definition) is 2. The van der Waals surface area contributed by atoms with Crippen molar-refractivity contribution in [2.45, 2.75) is 6.61 Å². The topological polar surface area (TPSA) is 57.5 Å². The Morgan fingerprint density at radius 3 is 3.00 bits per heavy atom. The highest BCUT2D eigenvalue weighted by atomic mass is 32.1.